The van der Waals surface area contributed by atoms with Gasteiger partial charge < -0.3 is 10.0 Å². The first-order valence-corrected chi connectivity index (χ1v) is 12.0. The highest BCUT2D eigenvalue weighted by molar-refractivity contribution is 14.1. The van der Waals surface area contributed by atoms with E-state index in [-0.39, 0.29) is 6.61 Å². The number of aliphatic hydroxyl groups excluding tert-OH is 1. The third-order valence-electron chi connectivity index (χ3n) is 6.06. The Morgan fingerprint density at radius 1 is 0.938 bits per heavy atom. The van der Waals surface area contributed by atoms with Gasteiger partial charge in [0, 0.05) is 53.5 Å². The van der Waals surface area contributed by atoms with Gasteiger partial charge in [-0.05, 0) is 47.2 Å². The standard InChI is InChI=1S/C25H26IN5O/c1-18-24(20-5-3-2-4-6-20)25-27-22(19-7-9-21(26)10-8-19)17-23(31(25)28-18)30-13-11-29(12-14-30)15-16-32/h2-10,17,32H,11-16H2,1H3. The van der Waals surface area contributed by atoms with Crippen LogP contribution in [-0.4, -0.2) is 63.9 Å². The fourth-order valence-electron chi connectivity index (χ4n) is 4.39. The molecule has 3 heterocycles. The van der Waals surface area contributed by atoms with Crippen molar-refractivity contribution in [3.63, 3.8) is 0 Å². The first-order valence-electron chi connectivity index (χ1n) is 10.9. The Kier molecular flexibility index (Phi) is 6.12. The van der Waals surface area contributed by atoms with Crippen LogP contribution in [0.1, 0.15) is 5.69 Å². The van der Waals surface area contributed by atoms with Crippen molar-refractivity contribution in [3.8, 4) is 22.4 Å². The molecule has 0 amide bonds. The molecule has 0 spiro atoms. The summed E-state index contributed by atoms with van der Waals surface area (Å²) in [5.41, 5.74) is 6.13. The topological polar surface area (TPSA) is 56.9 Å². The molecule has 0 radical (unpaired) electrons. The quantitative estimate of drug-likeness (QED) is 0.388. The van der Waals surface area contributed by atoms with Crippen LogP contribution in [0.5, 0.6) is 0 Å². The lowest BCUT2D eigenvalue weighted by Gasteiger charge is -2.35. The van der Waals surface area contributed by atoms with Crippen LogP contribution < -0.4 is 4.90 Å². The van der Waals surface area contributed by atoms with Gasteiger partial charge in [-0.25, -0.2) is 4.98 Å². The molecule has 6 nitrogen and oxygen atoms in total. The van der Waals surface area contributed by atoms with E-state index in [1.165, 1.54) is 3.57 Å². The fraction of sp³-hybridized carbons (Fsp3) is 0.280. The molecule has 7 heteroatoms. The molecule has 4 aromatic rings. The first kappa shape index (κ1) is 21.4. The van der Waals surface area contributed by atoms with Crippen LogP contribution in [0.2, 0.25) is 0 Å². The molecule has 0 atom stereocenters. The number of benzene rings is 2. The summed E-state index contributed by atoms with van der Waals surface area (Å²) in [5.74, 6) is 1.07. The Labute approximate surface area is 201 Å². The molecule has 0 aliphatic carbocycles. The van der Waals surface area contributed by atoms with Gasteiger partial charge in [0.25, 0.3) is 0 Å². The van der Waals surface area contributed by atoms with E-state index in [4.69, 9.17) is 10.1 Å². The smallest absolute Gasteiger partial charge is 0.166 e. The van der Waals surface area contributed by atoms with Gasteiger partial charge in [0.1, 0.15) is 5.82 Å². The monoisotopic (exact) mass is 539 g/mol. The number of anilines is 1. The van der Waals surface area contributed by atoms with Crippen molar-refractivity contribution in [2.75, 3.05) is 44.2 Å². The summed E-state index contributed by atoms with van der Waals surface area (Å²) >= 11 is 2.33. The van der Waals surface area contributed by atoms with Crippen molar-refractivity contribution in [3.05, 3.63) is 69.9 Å². The summed E-state index contributed by atoms with van der Waals surface area (Å²) in [6.07, 6.45) is 0. The maximum absolute atomic E-state index is 9.29. The number of aliphatic hydroxyl groups is 1. The zero-order valence-corrected chi connectivity index (χ0v) is 20.2. The summed E-state index contributed by atoms with van der Waals surface area (Å²) in [6, 6.07) is 21.1. The highest BCUT2D eigenvalue weighted by Gasteiger charge is 2.23. The number of piperazine rings is 1. The molecule has 0 bridgehead atoms. The maximum atomic E-state index is 9.29. The van der Waals surface area contributed by atoms with Crippen molar-refractivity contribution in [1.29, 1.82) is 0 Å². The van der Waals surface area contributed by atoms with Crippen LogP contribution in [0.4, 0.5) is 5.82 Å². The van der Waals surface area contributed by atoms with Crippen LogP contribution in [0, 0.1) is 10.5 Å². The van der Waals surface area contributed by atoms with E-state index in [0.29, 0.717) is 0 Å². The van der Waals surface area contributed by atoms with E-state index in [1.54, 1.807) is 0 Å². The molecule has 5 rings (SSSR count). The Morgan fingerprint density at radius 3 is 2.34 bits per heavy atom. The number of halogens is 1. The molecule has 164 valence electrons. The first-order chi connectivity index (χ1) is 15.6. The molecule has 1 N–H and O–H groups in total. The summed E-state index contributed by atoms with van der Waals surface area (Å²) in [7, 11) is 0. The number of hydrogen-bond acceptors (Lipinski definition) is 5. The number of fused-ring (bicyclic) bond motifs is 1. The van der Waals surface area contributed by atoms with Crippen LogP contribution in [0.3, 0.4) is 0 Å². The number of nitrogens with zero attached hydrogens (tertiary/aromatic N) is 5. The van der Waals surface area contributed by atoms with Gasteiger partial charge in [0.05, 0.1) is 18.0 Å². The van der Waals surface area contributed by atoms with Crippen molar-refractivity contribution >= 4 is 34.1 Å². The minimum Gasteiger partial charge on any atom is -0.395 e. The van der Waals surface area contributed by atoms with E-state index < -0.39 is 0 Å². The van der Waals surface area contributed by atoms with Crippen molar-refractivity contribution < 1.29 is 5.11 Å². The maximum Gasteiger partial charge on any atom is 0.166 e. The van der Waals surface area contributed by atoms with Gasteiger partial charge in [-0.2, -0.15) is 9.61 Å². The lowest BCUT2D eigenvalue weighted by Crippen LogP contribution is -2.47. The SMILES string of the molecule is Cc1nn2c(N3CCN(CCO)CC3)cc(-c3ccc(I)cc3)nc2c1-c1ccccc1. The second-order valence-electron chi connectivity index (χ2n) is 8.12. The molecular formula is C25H26IN5O. The van der Waals surface area contributed by atoms with Gasteiger partial charge in [0.15, 0.2) is 5.65 Å². The molecule has 1 aliphatic rings. The van der Waals surface area contributed by atoms with Gasteiger partial charge in [-0.3, -0.25) is 4.90 Å². The minimum absolute atomic E-state index is 0.204. The normalized spacial score (nSPS) is 14.9. The molecule has 1 aliphatic heterocycles. The Balaban J connectivity index is 1.66. The highest BCUT2D eigenvalue weighted by atomic mass is 127. The van der Waals surface area contributed by atoms with Gasteiger partial charge in [-0.1, -0.05) is 42.5 Å². The number of β-amino-alcohol motifs (C(OH)–C–C–N with tert-alkyl or cyclic N) is 1. The highest BCUT2D eigenvalue weighted by Crippen LogP contribution is 2.33. The Bertz CT molecular complexity index is 1210. The van der Waals surface area contributed by atoms with Crippen LogP contribution in [0.15, 0.2) is 60.7 Å². The Morgan fingerprint density at radius 2 is 1.66 bits per heavy atom. The lowest BCUT2D eigenvalue weighted by molar-refractivity contribution is 0.188. The van der Waals surface area contributed by atoms with E-state index in [1.807, 2.05) is 10.6 Å². The summed E-state index contributed by atoms with van der Waals surface area (Å²) in [4.78, 5) is 9.79. The predicted molar refractivity (Wildman–Crippen MR) is 137 cm³/mol. The average molecular weight is 539 g/mol. The van der Waals surface area contributed by atoms with E-state index >= 15 is 0 Å². The zero-order valence-electron chi connectivity index (χ0n) is 18.1. The molecule has 0 saturated carbocycles. The van der Waals surface area contributed by atoms with Crippen LogP contribution in [0.25, 0.3) is 28.0 Å². The molecule has 32 heavy (non-hydrogen) atoms. The van der Waals surface area contributed by atoms with Crippen molar-refractivity contribution in [1.82, 2.24) is 19.5 Å². The van der Waals surface area contributed by atoms with E-state index in [0.717, 1.165) is 72.3 Å². The number of aryl methyl sites for hydroxylation is 1. The molecule has 2 aromatic carbocycles. The fourth-order valence-corrected chi connectivity index (χ4v) is 4.75. The molecule has 0 unspecified atom stereocenters. The third kappa shape index (κ3) is 4.12. The predicted octanol–water partition coefficient (Wildman–Crippen LogP) is 4.09. The molecule has 2 aromatic heterocycles. The largest absolute Gasteiger partial charge is 0.395 e. The molecular weight excluding hydrogens is 513 g/mol. The average Bonchev–Trinajstić information content (AvgIpc) is 3.16. The summed E-state index contributed by atoms with van der Waals surface area (Å²) in [6.45, 7) is 6.63. The Hall–Kier alpha value is -2.49. The van der Waals surface area contributed by atoms with E-state index in [2.05, 4.69) is 93.9 Å². The van der Waals surface area contributed by atoms with Crippen LogP contribution in [-0.2, 0) is 0 Å². The van der Waals surface area contributed by atoms with Crippen molar-refractivity contribution in [2.45, 2.75) is 6.92 Å². The molecule has 1 saturated heterocycles. The number of hydrogen-bond donors (Lipinski definition) is 1. The summed E-state index contributed by atoms with van der Waals surface area (Å²) < 4.78 is 3.22. The number of aromatic nitrogens is 3. The van der Waals surface area contributed by atoms with Gasteiger partial charge in [-0.15, -0.1) is 0 Å². The second kappa shape index (κ2) is 9.17. The summed E-state index contributed by atoms with van der Waals surface area (Å²) in [5, 5.41) is 14.2. The van der Waals surface area contributed by atoms with E-state index in [9.17, 15) is 5.11 Å². The third-order valence-corrected chi connectivity index (χ3v) is 6.78. The lowest BCUT2D eigenvalue weighted by atomic mass is 10.1. The van der Waals surface area contributed by atoms with Crippen LogP contribution >= 0.6 is 22.6 Å². The van der Waals surface area contributed by atoms with Gasteiger partial charge in [0.2, 0.25) is 0 Å². The molecule has 1 fully saturated rings. The number of rotatable bonds is 5. The zero-order chi connectivity index (χ0) is 22.1. The second-order valence-corrected chi connectivity index (χ2v) is 9.37. The minimum atomic E-state index is 0.204. The van der Waals surface area contributed by atoms with Crippen molar-refractivity contribution in [2.24, 2.45) is 0 Å². The van der Waals surface area contributed by atoms with Gasteiger partial charge >= 0.3 is 0 Å².